The number of fused-ring (bicyclic) bond motifs is 5. The fraction of sp³-hybridized carbons (Fsp3) is 0.952. The zero-order valence-corrected chi connectivity index (χ0v) is 14.9. The van der Waals surface area contributed by atoms with E-state index < -0.39 is 0 Å². The molecule has 4 aliphatic carbocycles. The molecule has 0 saturated heterocycles. The second-order valence-corrected chi connectivity index (χ2v) is 9.69. The highest BCUT2D eigenvalue weighted by Crippen LogP contribution is 2.67. The van der Waals surface area contributed by atoms with Gasteiger partial charge in [0, 0.05) is 5.92 Å². The molecule has 22 heavy (non-hydrogen) atoms. The predicted octanol–water partition coefficient (Wildman–Crippen LogP) is 5.62. The predicted molar refractivity (Wildman–Crippen MR) is 90.5 cm³/mol. The molecule has 124 valence electrons. The maximum Gasteiger partial charge on any atom is 0.133 e. The van der Waals surface area contributed by atoms with Crippen LogP contribution in [0.3, 0.4) is 0 Å². The average Bonchev–Trinajstić information content (AvgIpc) is 2.84. The lowest BCUT2D eigenvalue weighted by Crippen LogP contribution is -2.53. The van der Waals surface area contributed by atoms with Crippen molar-refractivity contribution in [3.05, 3.63) is 0 Å². The van der Waals surface area contributed by atoms with Crippen LogP contribution in [-0.4, -0.2) is 5.78 Å². The number of hydrogen-bond donors (Lipinski definition) is 0. The van der Waals surface area contributed by atoms with Crippen molar-refractivity contribution in [3.8, 4) is 0 Å². The lowest BCUT2D eigenvalue weighted by Gasteiger charge is -2.60. The van der Waals surface area contributed by atoms with Crippen molar-refractivity contribution in [2.45, 2.75) is 85.0 Å². The van der Waals surface area contributed by atoms with E-state index in [1.165, 1.54) is 64.2 Å². The van der Waals surface area contributed by atoms with Crippen LogP contribution in [0.2, 0.25) is 0 Å². The van der Waals surface area contributed by atoms with Crippen molar-refractivity contribution in [2.24, 2.45) is 40.4 Å². The summed E-state index contributed by atoms with van der Waals surface area (Å²) in [7, 11) is 0. The van der Waals surface area contributed by atoms with E-state index in [2.05, 4.69) is 13.8 Å². The van der Waals surface area contributed by atoms with Crippen LogP contribution < -0.4 is 0 Å². The number of Topliss-reactive ketones (excluding diaryl/α,β-unsaturated/α-hetero) is 1. The maximum absolute atomic E-state index is 12.2. The molecular weight excluding hydrogens is 268 g/mol. The Hall–Kier alpha value is -0.330. The zero-order valence-electron chi connectivity index (χ0n) is 14.9. The smallest absolute Gasteiger partial charge is 0.133 e. The summed E-state index contributed by atoms with van der Waals surface area (Å²) in [4.78, 5) is 12.2. The molecule has 0 aliphatic heterocycles. The number of carbonyl (C=O) groups is 1. The molecule has 0 aromatic carbocycles. The summed E-state index contributed by atoms with van der Waals surface area (Å²) in [5, 5.41) is 0. The van der Waals surface area contributed by atoms with Crippen LogP contribution >= 0.6 is 0 Å². The number of rotatable bonds is 1. The summed E-state index contributed by atoms with van der Waals surface area (Å²) in [6.45, 7) is 6.97. The Morgan fingerprint density at radius 3 is 2.36 bits per heavy atom. The van der Waals surface area contributed by atoms with Gasteiger partial charge in [-0.05, 0) is 92.8 Å². The van der Waals surface area contributed by atoms with Crippen molar-refractivity contribution in [2.75, 3.05) is 0 Å². The molecular formula is C21H34O. The third-order valence-electron chi connectivity index (χ3n) is 9.07. The number of hydrogen-bond acceptors (Lipinski definition) is 1. The van der Waals surface area contributed by atoms with Crippen LogP contribution in [0.25, 0.3) is 0 Å². The molecule has 0 heterocycles. The summed E-state index contributed by atoms with van der Waals surface area (Å²) in [6, 6.07) is 0. The highest BCUT2D eigenvalue weighted by atomic mass is 16.1. The van der Waals surface area contributed by atoms with Crippen molar-refractivity contribution >= 4 is 5.78 Å². The van der Waals surface area contributed by atoms with Crippen LogP contribution in [0.5, 0.6) is 0 Å². The van der Waals surface area contributed by atoms with Crippen molar-refractivity contribution < 1.29 is 4.79 Å². The summed E-state index contributed by atoms with van der Waals surface area (Å²) in [5.74, 6) is 4.60. The number of carbonyl (C=O) groups excluding carboxylic acids is 1. The summed E-state index contributed by atoms with van der Waals surface area (Å²) < 4.78 is 0. The largest absolute Gasteiger partial charge is 0.300 e. The molecule has 7 atom stereocenters. The standard InChI is InChI=1S/C21H34O/c1-14(22)17-9-10-18-16-8-7-15-6-4-5-12-20(15,2)19(16)11-13-21(17,18)3/h15-19H,4-13H2,1-3H3/t15-,16+,17+,18-,19+,20+,21-/m1/s1. The lowest BCUT2D eigenvalue weighted by atomic mass is 9.45. The molecule has 4 saturated carbocycles. The average molecular weight is 303 g/mol. The molecule has 4 fully saturated rings. The van der Waals surface area contributed by atoms with Crippen LogP contribution in [0, 0.1) is 40.4 Å². The molecule has 0 aromatic heterocycles. The highest BCUT2D eigenvalue weighted by molar-refractivity contribution is 5.79. The van der Waals surface area contributed by atoms with Gasteiger partial charge in [0.1, 0.15) is 5.78 Å². The zero-order chi connectivity index (χ0) is 15.5. The highest BCUT2D eigenvalue weighted by Gasteiger charge is 2.60. The van der Waals surface area contributed by atoms with Crippen LogP contribution in [0.4, 0.5) is 0 Å². The third kappa shape index (κ3) is 1.93. The van der Waals surface area contributed by atoms with E-state index in [1.54, 1.807) is 0 Å². The Morgan fingerprint density at radius 1 is 0.818 bits per heavy atom. The molecule has 0 unspecified atom stereocenters. The first kappa shape index (κ1) is 15.2. The minimum absolute atomic E-state index is 0.338. The Morgan fingerprint density at radius 2 is 1.59 bits per heavy atom. The van der Waals surface area contributed by atoms with Crippen molar-refractivity contribution in [3.63, 3.8) is 0 Å². The molecule has 0 amide bonds. The quantitative estimate of drug-likeness (QED) is 0.614. The lowest BCUT2D eigenvalue weighted by molar-refractivity contribution is -0.133. The van der Waals surface area contributed by atoms with Gasteiger partial charge >= 0.3 is 0 Å². The van der Waals surface area contributed by atoms with Gasteiger partial charge in [0.2, 0.25) is 0 Å². The molecule has 0 N–H and O–H groups in total. The third-order valence-corrected chi connectivity index (χ3v) is 9.07. The number of ketones is 1. The molecule has 0 radical (unpaired) electrons. The maximum atomic E-state index is 12.2. The van der Waals surface area contributed by atoms with Gasteiger partial charge in [-0.15, -0.1) is 0 Å². The first-order valence-corrected chi connectivity index (χ1v) is 9.97. The fourth-order valence-electron chi connectivity index (χ4n) is 7.96. The molecule has 1 nitrogen and oxygen atoms in total. The normalized spacial score (nSPS) is 54.2. The first-order chi connectivity index (χ1) is 10.5. The Balaban J connectivity index is 1.63. The first-order valence-electron chi connectivity index (χ1n) is 9.97. The fourth-order valence-corrected chi connectivity index (χ4v) is 7.96. The minimum atomic E-state index is 0.338. The Kier molecular flexibility index (Phi) is 3.51. The minimum Gasteiger partial charge on any atom is -0.300 e. The molecule has 0 aromatic rings. The van der Waals surface area contributed by atoms with Gasteiger partial charge in [-0.25, -0.2) is 0 Å². The summed E-state index contributed by atoms with van der Waals surface area (Å²) >= 11 is 0. The molecule has 0 bridgehead atoms. The summed E-state index contributed by atoms with van der Waals surface area (Å²) in [5.41, 5.74) is 0.974. The van der Waals surface area contributed by atoms with Crippen LogP contribution in [0.15, 0.2) is 0 Å². The van der Waals surface area contributed by atoms with Gasteiger partial charge < -0.3 is 0 Å². The van der Waals surface area contributed by atoms with Gasteiger partial charge in [0.15, 0.2) is 0 Å². The van der Waals surface area contributed by atoms with E-state index in [-0.39, 0.29) is 0 Å². The molecule has 0 spiro atoms. The molecule has 1 heteroatoms. The van der Waals surface area contributed by atoms with E-state index in [0.29, 0.717) is 22.5 Å². The van der Waals surface area contributed by atoms with Gasteiger partial charge in [0.25, 0.3) is 0 Å². The second-order valence-electron chi connectivity index (χ2n) is 9.69. The van der Waals surface area contributed by atoms with E-state index in [9.17, 15) is 4.79 Å². The van der Waals surface area contributed by atoms with Crippen molar-refractivity contribution in [1.82, 2.24) is 0 Å². The van der Waals surface area contributed by atoms with E-state index in [1.807, 2.05) is 6.92 Å². The molecule has 4 aliphatic rings. The van der Waals surface area contributed by atoms with E-state index in [4.69, 9.17) is 0 Å². The van der Waals surface area contributed by atoms with Gasteiger partial charge in [-0.2, -0.15) is 0 Å². The molecule has 4 rings (SSSR count). The monoisotopic (exact) mass is 302 g/mol. The van der Waals surface area contributed by atoms with Gasteiger partial charge in [0.05, 0.1) is 0 Å². The van der Waals surface area contributed by atoms with Crippen LogP contribution in [0.1, 0.15) is 85.0 Å². The summed E-state index contributed by atoms with van der Waals surface area (Å²) in [6.07, 6.45) is 14.1. The van der Waals surface area contributed by atoms with Gasteiger partial charge in [-0.1, -0.05) is 26.7 Å². The SMILES string of the molecule is CC(=O)[C@@H]1CC[C@@H]2[C@@H]3CC[C@H]4CCCC[C@]4(C)[C@H]3CC[C@@]21C. The topological polar surface area (TPSA) is 17.1 Å². The van der Waals surface area contributed by atoms with Gasteiger partial charge in [-0.3, -0.25) is 4.79 Å². The van der Waals surface area contributed by atoms with Crippen molar-refractivity contribution in [1.29, 1.82) is 0 Å². The Bertz CT molecular complexity index is 469. The Labute approximate surface area is 136 Å². The van der Waals surface area contributed by atoms with E-state index >= 15 is 0 Å². The van der Waals surface area contributed by atoms with E-state index in [0.717, 1.165) is 23.7 Å². The van der Waals surface area contributed by atoms with Crippen LogP contribution in [-0.2, 0) is 4.79 Å². The second kappa shape index (κ2) is 5.08.